The van der Waals surface area contributed by atoms with Crippen LogP contribution in [0.3, 0.4) is 0 Å². The van der Waals surface area contributed by atoms with E-state index < -0.39 is 0 Å². The molecule has 0 bridgehead atoms. The maximum absolute atomic E-state index is 12.3. The van der Waals surface area contributed by atoms with Gasteiger partial charge in [-0.15, -0.1) is 11.8 Å². The largest absolute Gasteiger partial charge is 0.375 e. The fourth-order valence-electron chi connectivity index (χ4n) is 2.12. The molecule has 2 rings (SSSR count). The summed E-state index contributed by atoms with van der Waals surface area (Å²) in [7, 11) is 0. The van der Waals surface area contributed by atoms with Gasteiger partial charge in [0.05, 0.1) is 18.5 Å². The Labute approximate surface area is 152 Å². The van der Waals surface area contributed by atoms with Gasteiger partial charge in [0.15, 0.2) is 0 Å². The van der Waals surface area contributed by atoms with Crippen LogP contribution in [0.1, 0.15) is 18.9 Å². The van der Waals surface area contributed by atoms with Crippen LogP contribution in [0.25, 0.3) is 0 Å². The molecule has 3 nitrogen and oxygen atoms in total. The maximum atomic E-state index is 12.3. The number of benzene rings is 2. The summed E-state index contributed by atoms with van der Waals surface area (Å²) in [6, 6.07) is 17.5. The Morgan fingerprint density at radius 3 is 2.54 bits per heavy atom. The number of amides is 1. The van der Waals surface area contributed by atoms with E-state index in [9.17, 15) is 4.79 Å². The van der Waals surface area contributed by atoms with Gasteiger partial charge in [-0.05, 0) is 36.2 Å². The lowest BCUT2D eigenvalue weighted by molar-refractivity contribution is -0.120. The average Bonchev–Trinajstić information content (AvgIpc) is 2.61. The highest BCUT2D eigenvalue weighted by Gasteiger charge is 2.17. The Kier molecular flexibility index (Phi) is 8.16. The summed E-state index contributed by atoms with van der Waals surface area (Å²) in [5.41, 5.74) is 1.13. The number of ether oxygens (including phenoxy) is 1. The van der Waals surface area contributed by atoms with Crippen molar-refractivity contribution in [1.82, 2.24) is 5.32 Å². The average molecular weight is 364 g/mol. The summed E-state index contributed by atoms with van der Waals surface area (Å²) in [5, 5.41) is 3.53. The molecule has 1 atom stereocenters. The number of nitrogens with one attached hydrogen (secondary N) is 1. The molecule has 5 heteroatoms. The zero-order valence-electron chi connectivity index (χ0n) is 13.7. The lowest BCUT2D eigenvalue weighted by Gasteiger charge is -2.15. The molecule has 128 valence electrons. The molecule has 2 aromatic rings. The number of rotatable bonds is 9. The van der Waals surface area contributed by atoms with Crippen LogP contribution < -0.4 is 5.32 Å². The predicted molar refractivity (Wildman–Crippen MR) is 100 cm³/mol. The molecule has 0 heterocycles. The normalized spacial score (nSPS) is 11.9. The lowest BCUT2D eigenvalue weighted by Crippen LogP contribution is -2.34. The van der Waals surface area contributed by atoms with Crippen molar-refractivity contribution in [1.29, 1.82) is 0 Å². The quantitative estimate of drug-likeness (QED) is 0.525. The molecule has 0 saturated carbocycles. The second-order valence-electron chi connectivity index (χ2n) is 5.30. The number of thioether (sulfide) groups is 1. The first-order chi connectivity index (χ1) is 11.7. The summed E-state index contributed by atoms with van der Waals surface area (Å²) in [6.45, 7) is 3.60. The van der Waals surface area contributed by atoms with Gasteiger partial charge in [-0.25, -0.2) is 0 Å². The van der Waals surface area contributed by atoms with E-state index in [0.717, 1.165) is 16.9 Å². The molecule has 24 heavy (non-hydrogen) atoms. The fraction of sp³-hybridized carbons (Fsp3) is 0.316. The number of hydrogen-bond acceptors (Lipinski definition) is 3. The second-order valence-corrected chi connectivity index (χ2v) is 7.01. The summed E-state index contributed by atoms with van der Waals surface area (Å²) in [5.74, 6) is 0.0424. The van der Waals surface area contributed by atoms with Crippen LogP contribution in [0.15, 0.2) is 59.5 Å². The molecule has 0 spiro atoms. The van der Waals surface area contributed by atoms with Crippen molar-refractivity contribution in [2.75, 3.05) is 13.2 Å². The first-order valence-electron chi connectivity index (χ1n) is 8.00. The molecule has 0 aliphatic carbocycles. The minimum Gasteiger partial charge on any atom is -0.375 e. The molecular weight excluding hydrogens is 342 g/mol. The van der Waals surface area contributed by atoms with Gasteiger partial charge in [0.1, 0.15) is 0 Å². The van der Waals surface area contributed by atoms with Crippen molar-refractivity contribution in [2.24, 2.45) is 0 Å². The fourth-order valence-corrected chi connectivity index (χ4v) is 3.23. The third kappa shape index (κ3) is 6.56. The van der Waals surface area contributed by atoms with Crippen LogP contribution in [0.5, 0.6) is 0 Å². The first-order valence-corrected chi connectivity index (χ1v) is 9.26. The van der Waals surface area contributed by atoms with Gasteiger partial charge in [-0.1, -0.05) is 48.9 Å². The summed E-state index contributed by atoms with van der Waals surface area (Å²) >= 11 is 7.44. The van der Waals surface area contributed by atoms with E-state index in [2.05, 4.69) is 5.32 Å². The van der Waals surface area contributed by atoms with Crippen molar-refractivity contribution in [3.8, 4) is 0 Å². The van der Waals surface area contributed by atoms with Crippen molar-refractivity contribution < 1.29 is 9.53 Å². The van der Waals surface area contributed by atoms with E-state index in [1.807, 2.05) is 61.5 Å². The van der Waals surface area contributed by atoms with Crippen molar-refractivity contribution >= 4 is 29.3 Å². The Morgan fingerprint density at radius 1 is 1.17 bits per heavy atom. The van der Waals surface area contributed by atoms with Gasteiger partial charge in [0.25, 0.3) is 0 Å². The molecule has 0 unspecified atom stereocenters. The Morgan fingerprint density at radius 2 is 1.88 bits per heavy atom. The molecular formula is C19H22ClNO2S. The standard InChI is InChI=1S/C19H22ClNO2S/c1-2-18(24-17-10-8-16(20)9-11-17)19(22)21-12-13-23-14-15-6-4-3-5-7-15/h3-11,18H,2,12-14H2,1H3,(H,21,22)/t18-/m1/s1. The Balaban J connectivity index is 1.68. The van der Waals surface area contributed by atoms with E-state index >= 15 is 0 Å². The summed E-state index contributed by atoms with van der Waals surface area (Å²) in [6.07, 6.45) is 0.768. The number of carbonyl (C=O) groups is 1. The van der Waals surface area contributed by atoms with Crippen LogP contribution in [-0.4, -0.2) is 24.3 Å². The monoisotopic (exact) mass is 363 g/mol. The minimum atomic E-state index is -0.111. The topological polar surface area (TPSA) is 38.3 Å². The number of halogens is 1. The van der Waals surface area contributed by atoms with E-state index in [1.165, 1.54) is 0 Å². The highest BCUT2D eigenvalue weighted by Crippen LogP contribution is 2.26. The second kappa shape index (κ2) is 10.4. The number of hydrogen-bond donors (Lipinski definition) is 1. The van der Waals surface area contributed by atoms with Crippen molar-refractivity contribution in [2.45, 2.75) is 30.1 Å². The van der Waals surface area contributed by atoms with Crippen molar-refractivity contribution in [3.05, 3.63) is 65.2 Å². The van der Waals surface area contributed by atoms with Gasteiger partial charge >= 0.3 is 0 Å². The highest BCUT2D eigenvalue weighted by atomic mass is 35.5. The molecule has 0 fully saturated rings. The van der Waals surface area contributed by atoms with Crippen LogP contribution in [-0.2, 0) is 16.1 Å². The smallest absolute Gasteiger partial charge is 0.233 e. The van der Waals surface area contributed by atoms with Gasteiger partial charge < -0.3 is 10.1 Å². The molecule has 0 aliphatic heterocycles. The van der Waals surface area contributed by atoms with Crippen molar-refractivity contribution in [3.63, 3.8) is 0 Å². The zero-order chi connectivity index (χ0) is 17.2. The van der Waals surface area contributed by atoms with Crippen LogP contribution in [0, 0.1) is 0 Å². The zero-order valence-corrected chi connectivity index (χ0v) is 15.3. The van der Waals surface area contributed by atoms with E-state index in [-0.39, 0.29) is 11.2 Å². The Hall–Kier alpha value is -1.49. The third-order valence-electron chi connectivity index (χ3n) is 3.41. The molecule has 0 aliphatic rings. The molecule has 1 N–H and O–H groups in total. The molecule has 2 aromatic carbocycles. The maximum Gasteiger partial charge on any atom is 0.233 e. The minimum absolute atomic E-state index is 0.0424. The first kappa shape index (κ1) is 18.8. The van der Waals surface area contributed by atoms with Gasteiger partial charge in [0.2, 0.25) is 5.91 Å². The van der Waals surface area contributed by atoms with Gasteiger partial charge in [0, 0.05) is 16.5 Å². The van der Waals surface area contributed by atoms with Crippen LogP contribution >= 0.6 is 23.4 Å². The molecule has 1 amide bonds. The van der Waals surface area contributed by atoms with Gasteiger partial charge in [-0.2, -0.15) is 0 Å². The third-order valence-corrected chi connectivity index (χ3v) is 5.04. The summed E-state index contributed by atoms with van der Waals surface area (Å²) < 4.78 is 5.58. The van der Waals surface area contributed by atoms with E-state index in [4.69, 9.17) is 16.3 Å². The SMILES string of the molecule is CC[C@@H](Sc1ccc(Cl)cc1)C(=O)NCCOCc1ccccc1. The van der Waals surface area contributed by atoms with Crippen LogP contribution in [0.4, 0.5) is 0 Å². The van der Waals surface area contributed by atoms with Gasteiger partial charge in [-0.3, -0.25) is 4.79 Å². The number of carbonyl (C=O) groups excluding carboxylic acids is 1. The molecule has 0 saturated heterocycles. The molecule has 0 radical (unpaired) electrons. The predicted octanol–water partition coefficient (Wildman–Crippen LogP) is 4.54. The lowest BCUT2D eigenvalue weighted by atomic mass is 10.2. The van der Waals surface area contributed by atoms with E-state index in [0.29, 0.717) is 24.8 Å². The Bertz CT molecular complexity index is 619. The van der Waals surface area contributed by atoms with E-state index in [1.54, 1.807) is 11.8 Å². The highest BCUT2D eigenvalue weighted by molar-refractivity contribution is 8.00. The molecule has 0 aromatic heterocycles. The van der Waals surface area contributed by atoms with Crippen LogP contribution in [0.2, 0.25) is 5.02 Å². The summed E-state index contributed by atoms with van der Waals surface area (Å²) in [4.78, 5) is 13.3.